The van der Waals surface area contributed by atoms with E-state index in [0.29, 0.717) is 19.3 Å². The van der Waals surface area contributed by atoms with Crippen molar-refractivity contribution < 1.29 is 34.1 Å². The molecule has 0 aromatic rings. The zero-order chi connectivity index (χ0) is 45.4. The largest absolute Gasteiger partial charge is 0.480 e. The molecule has 0 aliphatic heterocycles. The molecule has 0 spiro atoms. The van der Waals surface area contributed by atoms with Gasteiger partial charge in [-0.3, -0.25) is 14.4 Å². The van der Waals surface area contributed by atoms with Gasteiger partial charge in [0, 0.05) is 12.8 Å². The molecule has 360 valence electrons. The predicted molar refractivity (Wildman–Crippen MR) is 259 cm³/mol. The van der Waals surface area contributed by atoms with Gasteiger partial charge in [0.2, 0.25) is 11.8 Å². The highest BCUT2D eigenvalue weighted by molar-refractivity contribution is 5.87. The van der Waals surface area contributed by atoms with Gasteiger partial charge in [-0.1, -0.05) is 185 Å². The van der Waals surface area contributed by atoms with Crippen LogP contribution in [0.2, 0.25) is 0 Å². The minimum absolute atomic E-state index is 0.0450. The molecule has 0 saturated carbocycles. The maximum Gasteiger partial charge on any atom is 0.328 e. The lowest BCUT2D eigenvalue weighted by atomic mass is 10.0. The molecular formula is C53H96N2O7. The number of rotatable bonds is 47. The zero-order valence-corrected chi connectivity index (χ0v) is 40.1. The Bertz CT molecular complexity index is 1140. The number of aliphatic carboxylic acids is 1. The summed E-state index contributed by atoms with van der Waals surface area (Å²) in [6, 6.07) is -1.38. The fourth-order valence-corrected chi connectivity index (χ4v) is 7.63. The number of hydrogen-bond acceptors (Lipinski definition) is 6. The summed E-state index contributed by atoms with van der Waals surface area (Å²) in [6.45, 7) is 3.48. The van der Waals surface area contributed by atoms with Crippen LogP contribution in [0, 0.1) is 0 Å². The van der Waals surface area contributed by atoms with Crippen molar-refractivity contribution in [2.45, 2.75) is 264 Å². The highest BCUT2D eigenvalue weighted by Gasteiger charge is 2.19. The molecule has 0 fully saturated rings. The third kappa shape index (κ3) is 43.7. The molecule has 0 aromatic carbocycles. The second-order valence-electron chi connectivity index (χ2n) is 17.6. The van der Waals surface area contributed by atoms with E-state index in [-0.39, 0.29) is 24.5 Å². The summed E-state index contributed by atoms with van der Waals surface area (Å²) in [5.41, 5.74) is 0. The van der Waals surface area contributed by atoms with Crippen LogP contribution < -0.4 is 10.6 Å². The molecule has 4 N–H and O–H groups in total. The van der Waals surface area contributed by atoms with Gasteiger partial charge in [0.05, 0.1) is 13.2 Å². The summed E-state index contributed by atoms with van der Waals surface area (Å²) in [7, 11) is 0. The molecule has 9 nitrogen and oxygen atoms in total. The van der Waals surface area contributed by atoms with Crippen LogP contribution in [0.5, 0.6) is 0 Å². The van der Waals surface area contributed by atoms with Crippen molar-refractivity contribution >= 4 is 23.8 Å². The molecule has 0 aromatic heterocycles. The number of ether oxygens (including phenoxy) is 1. The normalized spacial score (nSPS) is 12.7. The van der Waals surface area contributed by atoms with Crippen molar-refractivity contribution in [3.8, 4) is 0 Å². The predicted octanol–water partition coefficient (Wildman–Crippen LogP) is 13.7. The minimum atomic E-state index is -1.38. The number of unbranched alkanes of at least 4 members (excludes halogenated alkanes) is 27. The molecule has 2 amide bonds. The molecule has 0 saturated heterocycles. The molecular weight excluding hydrogens is 777 g/mol. The number of aliphatic hydroxyl groups excluding tert-OH is 1. The van der Waals surface area contributed by atoms with Crippen LogP contribution in [0.15, 0.2) is 36.5 Å². The summed E-state index contributed by atoms with van der Waals surface area (Å²) in [5.74, 6) is -2.30. The van der Waals surface area contributed by atoms with Crippen molar-refractivity contribution in [1.82, 2.24) is 10.6 Å². The molecule has 0 bridgehead atoms. The first-order chi connectivity index (χ1) is 30.3. The van der Waals surface area contributed by atoms with Gasteiger partial charge in [-0.05, 0) is 89.9 Å². The fraction of sp³-hybridized carbons (Fsp3) is 0.811. The summed E-state index contributed by atoms with van der Waals surface area (Å²) in [4.78, 5) is 47.7. The van der Waals surface area contributed by atoms with Crippen molar-refractivity contribution in [2.24, 2.45) is 0 Å². The van der Waals surface area contributed by atoms with Crippen molar-refractivity contribution in [3.05, 3.63) is 36.5 Å². The van der Waals surface area contributed by atoms with Crippen LogP contribution in [0.3, 0.4) is 0 Å². The fourth-order valence-electron chi connectivity index (χ4n) is 7.63. The monoisotopic (exact) mass is 873 g/mol. The van der Waals surface area contributed by atoms with Gasteiger partial charge in [-0.25, -0.2) is 4.79 Å². The highest BCUT2D eigenvalue weighted by atomic mass is 16.5. The third-order valence-corrected chi connectivity index (χ3v) is 11.6. The molecule has 0 rings (SSSR count). The number of nitrogens with one attached hydrogen (secondary N) is 2. The van der Waals surface area contributed by atoms with Gasteiger partial charge in [-0.2, -0.15) is 0 Å². The van der Waals surface area contributed by atoms with E-state index in [1.54, 1.807) is 0 Å². The van der Waals surface area contributed by atoms with E-state index in [0.717, 1.165) is 77.0 Å². The summed E-state index contributed by atoms with van der Waals surface area (Å²) in [6.07, 6.45) is 56.2. The minimum Gasteiger partial charge on any atom is -0.480 e. The van der Waals surface area contributed by atoms with Crippen LogP contribution in [-0.4, -0.2) is 59.3 Å². The van der Waals surface area contributed by atoms with Gasteiger partial charge in [0.25, 0.3) is 0 Å². The summed E-state index contributed by atoms with van der Waals surface area (Å²) < 4.78 is 6.04. The molecule has 0 heterocycles. The van der Waals surface area contributed by atoms with Crippen LogP contribution in [0.1, 0.15) is 251 Å². The van der Waals surface area contributed by atoms with Crippen molar-refractivity contribution in [1.29, 1.82) is 0 Å². The number of carboxylic acids is 1. The third-order valence-electron chi connectivity index (χ3n) is 11.6. The average Bonchev–Trinajstić information content (AvgIpc) is 3.26. The Morgan fingerprint density at radius 2 is 0.887 bits per heavy atom. The molecule has 0 aliphatic rings. The van der Waals surface area contributed by atoms with Crippen molar-refractivity contribution in [3.63, 3.8) is 0 Å². The van der Waals surface area contributed by atoms with E-state index in [4.69, 9.17) is 14.9 Å². The molecule has 9 heteroatoms. The smallest absolute Gasteiger partial charge is 0.328 e. The zero-order valence-electron chi connectivity index (χ0n) is 40.1. The molecule has 2 unspecified atom stereocenters. The first-order valence-corrected chi connectivity index (χ1v) is 25.9. The Hall–Kier alpha value is -2.94. The molecule has 62 heavy (non-hydrogen) atoms. The quantitative estimate of drug-likeness (QED) is 0.0271. The maximum atomic E-state index is 12.9. The molecule has 0 radical (unpaired) electrons. The maximum absolute atomic E-state index is 12.9. The highest BCUT2D eigenvalue weighted by Crippen LogP contribution is 2.18. The number of carboxylic acid groups (broad SMARTS) is 1. The first kappa shape index (κ1) is 59.1. The lowest BCUT2D eigenvalue weighted by molar-refractivity contribution is -0.150. The number of carbonyl (C=O) groups is 4. The van der Waals surface area contributed by atoms with Crippen LogP contribution >= 0.6 is 0 Å². The lowest BCUT2D eigenvalue weighted by Crippen LogP contribution is -2.47. The number of carbonyl (C=O) groups excluding carboxylic acids is 3. The van der Waals surface area contributed by atoms with Gasteiger partial charge in [0.1, 0.15) is 12.1 Å². The number of hydrogen-bond donors (Lipinski definition) is 4. The lowest BCUT2D eigenvalue weighted by Gasteiger charge is -2.18. The van der Waals surface area contributed by atoms with E-state index >= 15 is 0 Å². The SMILES string of the molecule is CCCCCCC/C=C\C/C=C\CCCCCCCCCCCCCC(=O)OC(CCC/C=C\CCCCCCCC)CCCCCCCC(=O)NCC(=O)NC(CO)C(=O)O. The van der Waals surface area contributed by atoms with Gasteiger partial charge in [0.15, 0.2) is 0 Å². The van der Waals surface area contributed by atoms with E-state index in [1.807, 2.05) is 0 Å². The number of esters is 1. The average molecular weight is 873 g/mol. The molecule has 2 atom stereocenters. The topological polar surface area (TPSA) is 142 Å². The summed E-state index contributed by atoms with van der Waals surface area (Å²) >= 11 is 0. The first-order valence-electron chi connectivity index (χ1n) is 25.9. The van der Waals surface area contributed by atoms with Gasteiger partial charge in [-0.15, -0.1) is 0 Å². The van der Waals surface area contributed by atoms with E-state index in [2.05, 4.69) is 60.9 Å². The number of allylic oxidation sites excluding steroid dienone is 6. The Morgan fingerprint density at radius 1 is 0.484 bits per heavy atom. The number of amides is 2. The van der Waals surface area contributed by atoms with Crippen molar-refractivity contribution in [2.75, 3.05) is 13.2 Å². The van der Waals surface area contributed by atoms with Crippen LogP contribution in [-0.2, 0) is 23.9 Å². The van der Waals surface area contributed by atoms with Gasteiger partial charge >= 0.3 is 11.9 Å². The van der Waals surface area contributed by atoms with Crippen LogP contribution in [0.25, 0.3) is 0 Å². The van der Waals surface area contributed by atoms with E-state index in [9.17, 15) is 19.2 Å². The van der Waals surface area contributed by atoms with E-state index in [1.165, 1.54) is 141 Å². The van der Waals surface area contributed by atoms with Gasteiger partial charge < -0.3 is 25.6 Å². The Morgan fingerprint density at radius 3 is 1.37 bits per heavy atom. The Balaban J connectivity index is 4.19. The Kier molecular flexibility index (Phi) is 45.3. The van der Waals surface area contributed by atoms with Crippen LogP contribution in [0.4, 0.5) is 0 Å². The Labute approximate surface area is 380 Å². The second-order valence-corrected chi connectivity index (χ2v) is 17.6. The molecule has 0 aliphatic carbocycles. The standard InChI is InChI=1S/C53H96N2O7/c1-3-5-7-9-11-13-15-16-17-18-19-20-21-22-23-24-25-26-28-30-32-37-41-45-52(59)62-48(42-38-34-31-29-27-14-12-10-8-6-4-2)43-39-35-33-36-40-44-50(57)54-46-51(58)55-49(47-56)53(60)61/h15-16,18-19,29,31,48-49,56H,3-14,17,20-28,30,32-47H2,1-2H3,(H,54,57)(H,55,58)(H,60,61)/b16-15-,19-18-,31-29-. The number of aliphatic hydroxyl groups is 1. The van der Waals surface area contributed by atoms with E-state index < -0.39 is 24.5 Å². The summed E-state index contributed by atoms with van der Waals surface area (Å²) in [5, 5.41) is 22.6. The second kappa shape index (κ2) is 47.5.